The molecule has 0 heterocycles. The van der Waals surface area contributed by atoms with Crippen LogP contribution in [0.15, 0.2) is 29.4 Å². The average molecular weight is 479 g/mol. The number of hydrogen-bond acceptors (Lipinski definition) is 8. The third-order valence-electron chi connectivity index (χ3n) is 3.34. The van der Waals surface area contributed by atoms with E-state index in [1.165, 1.54) is 24.3 Å². The highest BCUT2D eigenvalue weighted by molar-refractivity contribution is 5.93. The predicted octanol–water partition coefficient (Wildman–Crippen LogP) is 1.16. The number of halogens is 3. The van der Waals surface area contributed by atoms with Crippen molar-refractivity contribution in [2.45, 2.75) is 12.4 Å². The van der Waals surface area contributed by atoms with Gasteiger partial charge < -0.3 is 24.6 Å². The minimum absolute atomic E-state index is 0.0563. The van der Waals surface area contributed by atoms with E-state index in [-0.39, 0.29) is 31.1 Å². The molecule has 0 aromatic heterocycles. The van der Waals surface area contributed by atoms with E-state index < -0.39 is 49.9 Å². The lowest BCUT2D eigenvalue weighted by Crippen LogP contribution is -2.39. The van der Waals surface area contributed by atoms with Crippen molar-refractivity contribution in [3.63, 3.8) is 0 Å². The zero-order chi connectivity index (χ0) is 24.7. The van der Waals surface area contributed by atoms with Crippen molar-refractivity contribution >= 4 is 17.8 Å². The SMILES string of the molecule is [N-]=[N+]=NC(COc1cccc(C(=O)NOCCNC(=O)C(F)(F)F)c1)OCCOCC(=O)O. The van der Waals surface area contributed by atoms with Crippen molar-refractivity contribution in [2.75, 3.05) is 39.6 Å². The van der Waals surface area contributed by atoms with Gasteiger partial charge in [0.15, 0.2) is 6.23 Å². The molecule has 3 N–H and O–H groups in total. The molecule has 1 unspecified atom stereocenters. The summed E-state index contributed by atoms with van der Waals surface area (Å²) in [7, 11) is 0. The summed E-state index contributed by atoms with van der Waals surface area (Å²) >= 11 is 0. The van der Waals surface area contributed by atoms with Gasteiger partial charge in [-0.15, -0.1) is 0 Å². The molecule has 1 rings (SSSR count). The average Bonchev–Trinajstić information content (AvgIpc) is 2.76. The number of azide groups is 1. The molecule has 0 spiro atoms. The van der Waals surface area contributed by atoms with Gasteiger partial charge in [-0.05, 0) is 23.7 Å². The van der Waals surface area contributed by atoms with Crippen LogP contribution in [0.2, 0.25) is 0 Å². The van der Waals surface area contributed by atoms with Crippen molar-refractivity contribution < 1.29 is 51.7 Å². The first-order chi connectivity index (χ1) is 15.6. The van der Waals surface area contributed by atoms with Gasteiger partial charge in [0.25, 0.3) is 5.91 Å². The third-order valence-corrected chi connectivity index (χ3v) is 3.34. The van der Waals surface area contributed by atoms with Gasteiger partial charge in [0.2, 0.25) is 0 Å². The Morgan fingerprint density at radius 2 is 1.97 bits per heavy atom. The van der Waals surface area contributed by atoms with E-state index in [0.29, 0.717) is 0 Å². The summed E-state index contributed by atoms with van der Waals surface area (Å²) in [5.74, 6) is -3.81. The van der Waals surface area contributed by atoms with Gasteiger partial charge >= 0.3 is 18.1 Å². The first kappa shape index (κ1) is 27.4. The molecule has 0 aliphatic heterocycles. The van der Waals surface area contributed by atoms with Crippen molar-refractivity contribution in [3.05, 3.63) is 40.3 Å². The zero-order valence-corrected chi connectivity index (χ0v) is 16.9. The molecule has 1 aromatic carbocycles. The van der Waals surface area contributed by atoms with E-state index in [1.54, 1.807) is 5.32 Å². The lowest BCUT2D eigenvalue weighted by molar-refractivity contribution is -0.173. The summed E-state index contributed by atoms with van der Waals surface area (Å²) in [6, 6.07) is 5.68. The molecular weight excluding hydrogens is 459 g/mol. The van der Waals surface area contributed by atoms with Crippen LogP contribution in [-0.4, -0.2) is 74.9 Å². The number of benzene rings is 1. The summed E-state index contributed by atoms with van der Waals surface area (Å²) in [4.78, 5) is 40.3. The van der Waals surface area contributed by atoms with E-state index in [2.05, 4.69) is 10.0 Å². The van der Waals surface area contributed by atoms with Crippen molar-refractivity contribution in [1.29, 1.82) is 0 Å². The van der Waals surface area contributed by atoms with Crippen LogP contribution < -0.4 is 15.5 Å². The number of carbonyl (C=O) groups excluding carboxylic acids is 2. The number of rotatable bonds is 15. The quantitative estimate of drug-likeness (QED) is 0.110. The highest BCUT2D eigenvalue weighted by Gasteiger charge is 2.38. The first-order valence-electron chi connectivity index (χ1n) is 9.09. The number of carbonyl (C=O) groups is 3. The lowest BCUT2D eigenvalue weighted by atomic mass is 10.2. The van der Waals surface area contributed by atoms with Gasteiger partial charge in [0.05, 0.1) is 19.8 Å². The molecule has 0 fully saturated rings. The van der Waals surface area contributed by atoms with E-state index in [1.807, 2.05) is 5.48 Å². The topological polar surface area (TPSA) is 181 Å². The van der Waals surface area contributed by atoms with Crippen molar-refractivity contribution in [1.82, 2.24) is 10.8 Å². The normalized spacial score (nSPS) is 11.7. The molecule has 16 heteroatoms. The second-order valence-corrected chi connectivity index (χ2v) is 5.85. The number of nitrogens with one attached hydrogen (secondary N) is 2. The summed E-state index contributed by atoms with van der Waals surface area (Å²) in [5, 5.41) is 13.4. The number of carboxylic acid groups (broad SMARTS) is 1. The second-order valence-electron chi connectivity index (χ2n) is 5.85. The Kier molecular flexibility index (Phi) is 12.0. The van der Waals surface area contributed by atoms with E-state index in [9.17, 15) is 27.6 Å². The molecule has 0 saturated heterocycles. The predicted molar refractivity (Wildman–Crippen MR) is 102 cm³/mol. The maximum Gasteiger partial charge on any atom is 0.471 e. The van der Waals surface area contributed by atoms with E-state index in [0.717, 1.165) is 0 Å². The summed E-state index contributed by atoms with van der Waals surface area (Å²) in [6.45, 7) is -1.76. The largest absolute Gasteiger partial charge is 0.491 e. The van der Waals surface area contributed by atoms with Crippen LogP contribution in [0.3, 0.4) is 0 Å². The molecular formula is C17H20F3N5O8. The minimum atomic E-state index is -5.01. The molecule has 0 saturated carbocycles. The number of hydrogen-bond donors (Lipinski definition) is 3. The van der Waals surface area contributed by atoms with Gasteiger partial charge in [0.1, 0.15) is 19.0 Å². The number of amides is 2. The van der Waals surface area contributed by atoms with E-state index >= 15 is 0 Å². The molecule has 13 nitrogen and oxygen atoms in total. The van der Waals surface area contributed by atoms with Crippen molar-refractivity contribution in [3.8, 4) is 5.75 Å². The van der Waals surface area contributed by atoms with Crippen LogP contribution in [0, 0.1) is 0 Å². The summed E-state index contributed by atoms with van der Waals surface area (Å²) in [6.07, 6.45) is -6.07. The monoisotopic (exact) mass is 479 g/mol. The first-order valence-corrected chi connectivity index (χ1v) is 9.09. The number of alkyl halides is 3. The zero-order valence-electron chi connectivity index (χ0n) is 16.9. The number of aliphatic carboxylic acids is 1. The summed E-state index contributed by atoms with van der Waals surface area (Å²) < 4.78 is 51.5. The van der Waals surface area contributed by atoms with E-state index in [4.69, 9.17) is 29.7 Å². The Morgan fingerprint density at radius 1 is 1.21 bits per heavy atom. The van der Waals surface area contributed by atoms with Gasteiger partial charge in [-0.1, -0.05) is 11.2 Å². The fraction of sp³-hybridized carbons (Fsp3) is 0.471. The smallest absolute Gasteiger partial charge is 0.471 e. The molecule has 0 aliphatic carbocycles. The highest BCUT2D eigenvalue weighted by atomic mass is 19.4. The molecule has 182 valence electrons. The Bertz CT molecular complexity index is 848. The van der Waals surface area contributed by atoms with Gasteiger partial charge in [0, 0.05) is 17.0 Å². The Morgan fingerprint density at radius 3 is 2.64 bits per heavy atom. The van der Waals surface area contributed by atoms with Crippen LogP contribution in [0.1, 0.15) is 10.4 Å². The van der Waals surface area contributed by atoms with Crippen LogP contribution >= 0.6 is 0 Å². The molecule has 2 amide bonds. The fourth-order valence-electron chi connectivity index (χ4n) is 1.96. The molecule has 33 heavy (non-hydrogen) atoms. The maximum atomic E-state index is 12.0. The number of nitrogens with zero attached hydrogens (tertiary/aromatic N) is 3. The fourth-order valence-corrected chi connectivity index (χ4v) is 1.96. The van der Waals surface area contributed by atoms with Crippen molar-refractivity contribution in [2.24, 2.45) is 5.11 Å². The van der Waals surface area contributed by atoms with Crippen LogP contribution in [0.25, 0.3) is 10.4 Å². The molecule has 0 aliphatic rings. The molecule has 1 atom stereocenters. The maximum absolute atomic E-state index is 12.0. The third kappa shape index (κ3) is 12.1. The Balaban J connectivity index is 2.43. The van der Waals surface area contributed by atoms with Crippen LogP contribution in [-0.2, 0) is 23.9 Å². The number of ether oxygens (including phenoxy) is 3. The molecule has 0 bridgehead atoms. The molecule has 0 radical (unpaired) electrons. The van der Waals surface area contributed by atoms with Crippen LogP contribution in [0.4, 0.5) is 13.2 Å². The summed E-state index contributed by atoms with van der Waals surface area (Å²) in [5.41, 5.74) is 10.7. The highest BCUT2D eigenvalue weighted by Crippen LogP contribution is 2.15. The van der Waals surface area contributed by atoms with Gasteiger partial charge in [-0.25, -0.2) is 10.3 Å². The second kappa shape index (κ2) is 14.5. The molecule has 1 aromatic rings. The standard InChI is InChI=1S/C17H20F3N5O8/c18-17(19,20)16(29)22-4-5-33-24-15(28)11-2-1-3-12(8-11)32-9-13(23-25-21)31-7-6-30-10-14(26)27/h1-3,8,13H,4-7,9-10H2,(H,22,29)(H,24,28)(H,26,27). The Hall–Kier alpha value is -3.59. The number of hydroxylamine groups is 1. The number of carboxylic acids is 1. The Labute approximate surface area is 184 Å². The minimum Gasteiger partial charge on any atom is -0.491 e. The lowest BCUT2D eigenvalue weighted by Gasteiger charge is -2.14. The van der Waals surface area contributed by atoms with Gasteiger partial charge in [-0.3, -0.25) is 14.4 Å². The van der Waals surface area contributed by atoms with Gasteiger partial charge in [-0.2, -0.15) is 13.2 Å². The van der Waals surface area contributed by atoms with Crippen LogP contribution in [0.5, 0.6) is 5.75 Å².